The van der Waals surface area contributed by atoms with Crippen LogP contribution in [0.3, 0.4) is 0 Å². The molecule has 0 fully saturated rings. The summed E-state index contributed by atoms with van der Waals surface area (Å²) in [5.41, 5.74) is 0. The number of aliphatic hydroxyl groups excluding tert-OH is 2. The van der Waals surface area contributed by atoms with Crippen LogP contribution in [0, 0.1) is 0 Å². The molecule has 0 saturated carbocycles. The lowest BCUT2D eigenvalue weighted by Gasteiger charge is -2.03. The fraction of sp³-hybridized carbons (Fsp3) is 1.00. The minimum absolute atomic E-state index is 0.593. The van der Waals surface area contributed by atoms with Crippen LogP contribution >= 0.6 is 0 Å². The third-order valence-corrected chi connectivity index (χ3v) is 1.20. The Morgan fingerprint density at radius 2 is 1.27 bits per heavy atom. The molecule has 0 aliphatic carbocycles. The minimum atomic E-state index is -0.593. The number of aliphatic hydroxyl groups is 2. The molecule has 0 rings (SSSR count). The Bertz CT molecular complexity index is 57.1. The first-order chi connectivity index (χ1) is 5.06. The molecule has 3 nitrogen and oxygen atoms in total. The molecule has 0 saturated heterocycles. The maximum Gasteiger partial charge on any atom is 0.0768 e. The topological polar surface area (TPSA) is 52.5 Å². The summed E-state index contributed by atoms with van der Waals surface area (Å²) < 4.78 is 0. The van der Waals surface area contributed by atoms with E-state index in [4.69, 9.17) is 10.2 Å². The van der Waals surface area contributed by atoms with Gasteiger partial charge in [0.2, 0.25) is 0 Å². The summed E-state index contributed by atoms with van der Waals surface area (Å²) in [5, 5.41) is 19.9. The van der Waals surface area contributed by atoms with Crippen molar-refractivity contribution in [1.29, 1.82) is 0 Å². The van der Waals surface area contributed by atoms with Crippen LogP contribution in [0.25, 0.3) is 0 Å². The Morgan fingerprint density at radius 1 is 1.00 bits per heavy atom. The molecule has 70 valence electrons. The van der Waals surface area contributed by atoms with E-state index >= 15 is 0 Å². The van der Waals surface area contributed by atoms with E-state index in [0.717, 1.165) is 13.1 Å². The van der Waals surface area contributed by atoms with Crippen molar-refractivity contribution in [3.05, 3.63) is 0 Å². The van der Waals surface area contributed by atoms with Gasteiger partial charge in [-0.05, 0) is 26.9 Å². The number of rotatable bonds is 3. The summed E-state index contributed by atoms with van der Waals surface area (Å²) in [6.07, 6.45) is -1.19. The fourth-order valence-corrected chi connectivity index (χ4v) is 0.250. The molecule has 0 amide bonds. The Hall–Kier alpha value is -0.120. The van der Waals surface area contributed by atoms with Gasteiger partial charge in [-0.25, -0.2) is 0 Å². The van der Waals surface area contributed by atoms with Gasteiger partial charge in [-0.15, -0.1) is 0 Å². The van der Waals surface area contributed by atoms with Crippen LogP contribution in [0.5, 0.6) is 0 Å². The highest BCUT2D eigenvalue weighted by atomic mass is 16.3. The third kappa shape index (κ3) is 17.7. The monoisotopic (exact) mass is 163 g/mol. The van der Waals surface area contributed by atoms with Gasteiger partial charge in [0.25, 0.3) is 0 Å². The lowest BCUT2D eigenvalue weighted by atomic mass is 10.3. The maximum atomic E-state index is 8.38. The predicted molar refractivity (Wildman–Crippen MR) is 47.6 cm³/mol. The molecular weight excluding hydrogens is 142 g/mol. The molecule has 0 spiro atoms. The average molecular weight is 163 g/mol. The van der Waals surface area contributed by atoms with Gasteiger partial charge in [-0.3, -0.25) is 0 Å². The molecule has 3 heteroatoms. The van der Waals surface area contributed by atoms with Crippen LogP contribution < -0.4 is 5.32 Å². The molecular formula is C8H21NO2. The normalized spacial score (nSPS) is 14.7. The van der Waals surface area contributed by atoms with Gasteiger partial charge in [0.15, 0.2) is 0 Å². The summed E-state index contributed by atoms with van der Waals surface area (Å²) in [6.45, 7) is 9.48. The van der Waals surface area contributed by atoms with Gasteiger partial charge in [0, 0.05) is 0 Å². The number of hydrogen-bond acceptors (Lipinski definition) is 3. The number of hydrogen-bond donors (Lipinski definition) is 3. The van der Waals surface area contributed by atoms with E-state index in [2.05, 4.69) is 19.2 Å². The van der Waals surface area contributed by atoms with Crippen molar-refractivity contribution >= 4 is 0 Å². The third-order valence-electron chi connectivity index (χ3n) is 1.20. The van der Waals surface area contributed by atoms with Gasteiger partial charge < -0.3 is 15.5 Å². The zero-order chi connectivity index (χ0) is 9.28. The van der Waals surface area contributed by atoms with Gasteiger partial charge in [-0.1, -0.05) is 13.8 Å². The smallest absolute Gasteiger partial charge is 0.0768 e. The second-order valence-electron chi connectivity index (χ2n) is 2.44. The van der Waals surface area contributed by atoms with E-state index in [0.29, 0.717) is 0 Å². The van der Waals surface area contributed by atoms with E-state index < -0.39 is 12.2 Å². The van der Waals surface area contributed by atoms with Gasteiger partial charge in [0.05, 0.1) is 12.2 Å². The molecule has 0 aromatic rings. The molecule has 0 aliphatic heterocycles. The molecule has 3 N–H and O–H groups in total. The molecule has 0 aromatic heterocycles. The summed E-state index contributed by atoms with van der Waals surface area (Å²) >= 11 is 0. The van der Waals surface area contributed by atoms with Crippen molar-refractivity contribution in [1.82, 2.24) is 5.32 Å². The predicted octanol–water partition coefficient (Wildman–Crippen LogP) is 0.364. The van der Waals surface area contributed by atoms with Gasteiger partial charge in [-0.2, -0.15) is 0 Å². The van der Waals surface area contributed by atoms with Crippen LogP contribution in [0.2, 0.25) is 0 Å². The molecule has 0 bridgehead atoms. The Morgan fingerprint density at radius 3 is 1.27 bits per heavy atom. The van der Waals surface area contributed by atoms with Crippen molar-refractivity contribution in [2.24, 2.45) is 0 Å². The van der Waals surface area contributed by atoms with Crippen LogP contribution in [-0.4, -0.2) is 35.5 Å². The average Bonchev–Trinajstić information content (AvgIpc) is 1.90. The highest BCUT2D eigenvalue weighted by molar-refractivity contribution is 4.50. The molecule has 0 heterocycles. The quantitative estimate of drug-likeness (QED) is 0.563. The molecule has 0 radical (unpaired) electrons. The first kappa shape index (κ1) is 13.5. The molecule has 2 unspecified atom stereocenters. The highest BCUT2D eigenvalue weighted by Gasteiger charge is 1.99. The maximum absolute atomic E-state index is 8.38. The van der Waals surface area contributed by atoms with Crippen LogP contribution in [0.1, 0.15) is 27.7 Å². The summed E-state index contributed by atoms with van der Waals surface area (Å²) in [5.74, 6) is 0. The van der Waals surface area contributed by atoms with E-state index in [1.165, 1.54) is 0 Å². The lowest BCUT2D eigenvalue weighted by Crippen LogP contribution is -2.17. The fourth-order valence-electron chi connectivity index (χ4n) is 0.250. The van der Waals surface area contributed by atoms with Crippen molar-refractivity contribution in [2.45, 2.75) is 39.9 Å². The van der Waals surface area contributed by atoms with Crippen molar-refractivity contribution in [3.63, 3.8) is 0 Å². The van der Waals surface area contributed by atoms with E-state index in [-0.39, 0.29) is 0 Å². The van der Waals surface area contributed by atoms with E-state index in [1.807, 2.05) is 0 Å². The Balaban J connectivity index is 0. The first-order valence-electron chi connectivity index (χ1n) is 4.13. The zero-order valence-corrected chi connectivity index (χ0v) is 7.96. The van der Waals surface area contributed by atoms with E-state index in [1.54, 1.807) is 13.8 Å². The van der Waals surface area contributed by atoms with Crippen LogP contribution in [0.4, 0.5) is 0 Å². The highest BCUT2D eigenvalue weighted by Crippen LogP contribution is 1.85. The lowest BCUT2D eigenvalue weighted by molar-refractivity contribution is 0.0438. The standard InChI is InChI=1S/C4H11N.C4H10O2/c1-3-5-4-2;1-3(5)4(2)6/h5H,3-4H2,1-2H3;3-6H,1-2H3. The molecule has 0 aliphatic rings. The second-order valence-corrected chi connectivity index (χ2v) is 2.44. The van der Waals surface area contributed by atoms with Crippen LogP contribution in [0.15, 0.2) is 0 Å². The molecule has 2 atom stereocenters. The Kier molecular flexibility index (Phi) is 12.1. The minimum Gasteiger partial charge on any atom is -0.391 e. The van der Waals surface area contributed by atoms with Crippen molar-refractivity contribution in [2.75, 3.05) is 13.1 Å². The summed E-state index contributed by atoms with van der Waals surface area (Å²) in [6, 6.07) is 0. The van der Waals surface area contributed by atoms with Gasteiger partial charge >= 0.3 is 0 Å². The van der Waals surface area contributed by atoms with E-state index in [9.17, 15) is 0 Å². The zero-order valence-electron chi connectivity index (χ0n) is 7.96. The van der Waals surface area contributed by atoms with Gasteiger partial charge in [0.1, 0.15) is 0 Å². The second kappa shape index (κ2) is 9.88. The molecule has 0 aromatic carbocycles. The van der Waals surface area contributed by atoms with Crippen LogP contribution in [-0.2, 0) is 0 Å². The summed E-state index contributed by atoms with van der Waals surface area (Å²) in [7, 11) is 0. The number of nitrogens with one attached hydrogen (secondary N) is 1. The first-order valence-corrected chi connectivity index (χ1v) is 4.13. The summed E-state index contributed by atoms with van der Waals surface area (Å²) in [4.78, 5) is 0. The largest absolute Gasteiger partial charge is 0.391 e. The molecule has 11 heavy (non-hydrogen) atoms. The Labute approximate surface area is 69.4 Å². The van der Waals surface area contributed by atoms with Crippen molar-refractivity contribution < 1.29 is 10.2 Å². The SMILES string of the molecule is CC(O)C(C)O.CCNCC. The van der Waals surface area contributed by atoms with Crippen molar-refractivity contribution in [3.8, 4) is 0 Å².